The van der Waals surface area contributed by atoms with Gasteiger partial charge in [-0.3, -0.25) is 0 Å². The van der Waals surface area contributed by atoms with Crippen LogP contribution in [0.4, 0.5) is 0 Å². The molecule has 0 aliphatic carbocycles. The average molecular weight is 1040 g/mol. The molecule has 0 unspecified atom stereocenters. The molecular formula is C75H46N4S. The second kappa shape index (κ2) is 18.7. The van der Waals surface area contributed by atoms with E-state index < -0.39 is 0 Å². The lowest BCUT2D eigenvalue weighted by Gasteiger charge is -2.16. The van der Waals surface area contributed by atoms with E-state index in [4.69, 9.17) is 15.0 Å². The summed E-state index contributed by atoms with van der Waals surface area (Å²) in [6.07, 6.45) is 0. The Kier molecular flexibility index (Phi) is 10.7. The zero-order valence-corrected chi connectivity index (χ0v) is 44.1. The Labute approximate surface area is 465 Å². The highest BCUT2D eigenvalue weighted by molar-refractivity contribution is 7.26. The van der Waals surface area contributed by atoms with Crippen molar-refractivity contribution in [1.29, 1.82) is 0 Å². The number of benzene rings is 13. The first-order valence-electron chi connectivity index (χ1n) is 27.2. The first-order valence-corrected chi connectivity index (χ1v) is 28.0. The summed E-state index contributed by atoms with van der Waals surface area (Å²) in [7, 11) is 0. The Morgan fingerprint density at radius 2 is 0.688 bits per heavy atom. The molecule has 3 aromatic heterocycles. The van der Waals surface area contributed by atoms with Gasteiger partial charge in [0.15, 0.2) is 17.5 Å². The van der Waals surface area contributed by atoms with Gasteiger partial charge in [-0.05, 0) is 138 Å². The lowest BCUT2D eigenvalue weighted by Crippen LogP contribution is -2.00. The van der Waals surface area contributed by atoms with Gasteiger partial charge in [0.05, 0.1) is 16.7 Å². The van der Waals surface area contributed by atoms with Gasteiger partial charge in [0, 0.05) is 53.0 Å². The van der Waals surface area contributed by atoms with Crippen LogP contribution < -0.4 is 0 Å². The normalized spacial score (nSPS) is 11.8. The minimum absolute atomic E-state index is 0.618. The summed E-state index contributed by atoms with van der Waals surface area (Å²) in [6.45, 7) is 0. The lowest BCUT2D eigenvalue weighted by atomic mass is 9.93. The van der Waals surface area contributed by atoms with Gasteiger partial charge in [0.25, 0.3) is 0 Å². The van der Waals surface area contributed by atoms with E-state index in [9.17, 15) is 0 Å². The number of rotatable bonds is 8. The molecule has 0 amide bonds. The monoisotopic (exact) mass is 1030 g/mol. The maximum Gasteiger partial charge on any atom is 0.164 e. The van der Waals surface area contributed by atoms with Crippen molar-refractivity contribution in [3.63, 3.8) is 0 Å². The predicted octanol–water partition coefficient (Wildman–Crippen LogP) is 20.5. The molecule has 0 spiro atoms. The van der Waals surface area contributed by atoms with E-state index >= 15 is 0 Å². The zero-order chi connectivity index (χ0) is 52.7. The van der Waals surface area contributed by atoms with Crippen molar-refractivity contribution in [1.82, 2.24) is 19.5 Å². The van der Waals surface area contributed by atoms with Crippen LogP contribution in [0.2, 0.25) is 0 Å². The Hall–Kier alpha value is -10.3. The number of nitrogens with zero attached hydrogens (tertiary/aromatic N) is 4. The average Bonchev–Trinajstić information content (AvgIpc) is 4.20. The third-order valence-corrected chi connectivity index (χ3v) is 17.1. The van der Waals surface area contributed by atoms with Gasteiger partial charge in [-0.25, -0.2) is 15.0 Å². The molecule has 16 rings (SSSR count). The summed E-state index contributed by atoms with van der Waals surface area (Å²) < 4.78 is 4.87. The van der Waals surface area contributed by atoms with Crippen molar-refractivity contribution in [2.75, 3.05) is 0 Å². The Bertz CT molecular complexity index is 5020. The van der Waals surface area contributed by atoms with Crippen molar-refractivity contribution < 1.29 is 0 Å². The van der Waals surface area contributed by atoms with Crippen molar-refractivity contribution >= 4 is 85.6 Å². The minimum atomic E-state index is 0.618. The third-order valence-electron chi connectivity index (χ3n) is 16.0. The molecule has 0 fully saturated rings. The van der Waals surface area contributed by atoms with Crippen LogP contribution in [-0.4, -0.2) is 19.5 Å². The summed E-state index contributed by atoms with van der Waals surface area (Å²) in [5.74, 6) is 1.88. The Balaban J connectivity index is 0.835. The fourth-order valence-electron chi connectivity index (χ4n) is 12.3. The largest absolute Gasteiger partial charge is 0.309 e. The molecule has 80 heavy (non-hydrogen) atoms. The first-order chi connectivity index (χ1) is 39.6. The van der Waals surface area contributed by atoms with Gasteiger partial charge in [0.1, 0.15) is 0 Å². The van der Waals surface area contributed by atoms with Crippen LogP contribution >= 0.6 is 11.3 Å². The second-order valence-corrected chi connectivity index (χ2v) is 21.7. The van der Waals surface area contributed by atoms with Crippen LogP contribution in [0.3, 0.4) is 0 Å². The van der Waals surface area contributed by atoms with Crippen molar-refractivity contribution in [3.8, 4) is 84.4 Å². The Morgan fingerprint density at radius 3 is 1.38 bits per heavy atom. The fourth-order valence-corrected chi connectivity index (χ4v) is 13.4. The standard InChI is InChI=1S/C75H46N4S/c1-4-19-47(20-5-1)54-42-55(48-21-6-2-7-22-48)44-56(43-54)50-25-16-26-53(41-50)74-76-73(49-23-8-3-9-24-49)77-75(78-74)63-33-18-36-70-72(63)65-46-52(38-40-69(65)80-70)51-37-39-67-64(45-51)60-30-14-15-34-66(60)79(67)68-35-17-32-62-59-28-11-10-27-57(59)58-29-12-13-31-61(58)71(62)68/h1-46H. The van der Waals surface area contributed by atoms with Crippen molar-refractivity contribution in [2.45, 2.75) is 0 Å². The molecule has 0 bridgehead atoms. The molecule has 13 aromatic carbocycles. The number of para-hydroxylation sites is 1. The van der Waals surface area contributed by atoms with Gasteiger partial charge in [0.2, 0.25) is 0 Å². The van der Waals surface area contributed by atoms with Gasteiger partial charge in [-0.2, -0.15) is 0 Å². The molecule has 0 atom stereocenters. The molecule has 0 aliphatic heterocycles. The number of thiophene rings is 1. The van der Waals surface area contributed by atoms with Crippen LogP contribution in [0.5, 0.6) is 0 Å². The summed E-state index contributed by atoms with van der Waals surface area (Å²) in [6, 6.07) is 101. The molecule has 0 aliphatic rings. The highest BCUT2D eigenvalue weighted by atomic mass is 32.1. The fraction of sp³-hybridized carbons (Fsp3) is 0. The van der Waals surface area contributed by atoms with E-state index in [-0.39, 0.29) is 0 Å². The molecule has 3 heterocycles. The number of fused-ring (bicyclic) bond motifs is 12. The molecule has 372 valence electrons. The predicted molar refractivity (Wildman–Crippen MR) is 338 cm³/mol. The van der Waals surface area contributed by atoms with E-state index in [0.29, 0.717) is 17.5 Å². The van der Waals surface area contributed by atoms with E-state index in [1.807, 2.05) is 29.5 Å². The maximum atomic E-state index is 5.40. The van der Waals surface area contributed by atoms with Crippen LogP contribution in [-0.2, 0) is 0 Å². The van der Waals surface area contributed by atoms with E-state index in [0.717, 1.165) is 55.5 Å². The molecule has 5 heteroatoms. The molecule has 0 radical (unpaired) electrons. The topological polar surface area (TPSA) is 43.6 Å². The molecule has 16 aromatic rings. The second-order valence-electron chi connectivity index (χ2n) is 20.7. The molecule has 0 N–H and O–H groups in total. The highest BCUT2D eigenvalue weighted by Crippen LogP contribution is 2.45. The minimum Gasteiger partial charge on any atom is -0.309 e. The first kappa shape index (κ1) is 45.8. The van der Waals surface area contributed by atoms with Gasteiger partial charge in [-0.15, -0.1) is 11.3 Å². The van der Waals surface area contributed by atoms with Crippen LogP contribution in [0, 0.1) is 0 Å². The van der Waals surface area contributed by atoms with Gasteiger partial charge >= 0.3 is 0 Å². The highest BCUT2D eigenvalue weighted by Gasteiger charge is 2.21. The quantitative estimate of drug-likeness (QED) is 0.142. The van der Waals surface area contributed by atoms with Crippen LogP contribution in [0.1, 0.15) is 0 Å². The number of hydrogen-bond donors (Lipinski definition) is 0. The lowest BCUT2D eigenvalue weighted by molar-refractivity contribution is 1.08. The van der Waals surface area contributed by atoms with Crippen LogP contribution in [0.25, 0.3) is 159 Å². The summed E-state index contributed by atoms with van der Waals surface area (Å²) in [5, 5.41) is 12.3. The maximum absolute atomic E-state index is 5.40. The van der Waals surface area contributed by atoms with E-state index in [2.05, 4.69) is 265 Å². The molecule has 0 saturated heterocycles. The molecular weight excluding hydrogens is 989 g/mol. The van der Waals surface area contributed by atoms with E-state index in [1.165, 1.54) is 85.7 Å². The summed E-state index contributed by atoms with van der Waals surface area (Å²) in [4.78, 5) is 15.9. The summed E-state index contributed by atoms with van der Waals surface area (Å²) in [5.41, 5.74) is 15.5. The van der Waals surface area contributed by atoms with E-state index in [1.54, 1.807) is 0 Å². The SMILES string of the molecule is c1ccc(-c2cc(-c3ccccc3)cc(-c3cccc(-c4nc(-c5ccccc5)nc(-c5cccc6sc7ccc(-c8ccc9c(c8)c8ccccc8n9-c8cccc9c%10ccccc%10c%10ccccc%10c89)cc7c56)n4)c3)c2)cc1. The number of aromatic nitrogens is 4. The zero-order valence-electron chi connectivity index (χ0n) is 43.3. The Morgan fingerprint density at radius 1 is 0.237 bits per heavy atom. The van der Waals surface area contributed by atoms with Crippen molar-refractivity contribution in [2.24, 2.45) is 0 Å². The summed E-state index contributed by atoms with van der Waals surface area (Å²) >= 11 is 1.81. The third kappa shape index (κ3) is 7.62. The van der Waals surface area contributed by atoms with Crippen LogP contribution in [0.15, 0.2) is 279 Å². The molecule has 4 nitrogen and oxygen atoms in total. The van der Waals surface area contributed by atoms with Gasteiger partial charge in [-0.1, -0.05) is 212 Å². The molecule has 0 saturated carbocycles. The number of hydrogen-bond acceptors (Lipinski definition) is 4. The van der Waals surface area contributed by atoms with Crippen molar-refractivity contribution in [3.05, 3.63) is 279 Å². The smallest absolute Gasteiger partial charge is 0.164 e. The van der Waals surface area contributed by atoms with Gasteiger partial charge < -0.3 is 4.57 Å².